The number of nitrogens with two attached hydrogens (primary N) is 1. The van der Waals surface area contributed by atoms with Gasteiger partial charge >= 0.3 is 0 Å². The summed E-state index contributed by atoms with van der Waals surface area (Å²) in [6.07, 6.45) is 13.0. The van der Waals surface area contributed by atoms with E-state index in [1.807, 2.05) is 13.8 Å². The quantitative estimate of drug-likeness (QED) is 0.387. The fourth-order valence-corrected chi connectivity index (χ4v) is 2.30. The summed E-state index contributed by atoms with van der Waals surface area (Å²) in [6.45, 7) is 4.00. The maximum absolute atomic E-state index is 11.7. The number of rotatable bonds is 14. The number of Topliss-reactive ketones (excluding diaryl/α,β-unsaturated/α-hetero) is 1. The number of hydrogen-bond acceptors (Lipinski definition) is 3. The monoisotopic (exact) mass is 283 g/mol. The summed E-state index contributed by atoms with van der Waals surface area (Å²) in [4.78, 5) is 21.8. The molecule has 0 aliphatic carbocycles. The van der Waals surface area contributed by atoms with Crippen LogP contribution in [0.2, 0.25) is 0 Å². The highest BCUT2D eigenvalue weighted by atomic mass is 16.1. The predicted octanol–water partition coefficient (Wildman–Crippen LogP) is 4.03. The molecule has 0 amide bonds. The van der Waals surface area contributed by atoms with Crippen LogP contribution in [0.25, 0.3) is 0 Å². The Balaban J connectivity index is 3.24. The van der Waals surface area contributed by atoms with Crippen LogP contribution in [-0.2, 0) is 9.59 Å². The summed E-state index contributed by atoms with van der Waals surface area (Å²) >= 11 is 0. The molecule has 0 fully saturated rings. The van der Waals surface area contributed by atoms with Gasteiger partial charge in [0.15, 0.2) is 0 Å². The number of hydrogen-bond donors (Lipinski definition) is 1. The van der Waals surface area contributed by atoms with Gasteiger partial charge in [0, 0.05) is 12.8 Å². The van der Waals surface area contributed by atoms with Gasteiger partial charge in [0.05, 0.1) is 6.04 Å². The molecule has 0 aliphatic rings. The Morgan fingerprint density at radius 2 is 1.35 bits per heavy atom. The minimum Gasteiger partial charge on any atom is -0.321 e. The third-order valence-corrected chi connectivity index (χ3v) is 3.84. The maximum atomic E-state index is 11.7. The Bertz CT molecular complexity index is 251. The van der Waals surface area contributed by atoms with E-state index in [9.17, 15) is 9.59 Å². The van der Waals surface area contributed by atoms with Crippen molar-refractivity contribution in [1.82, 2.24) is 0 Å². The molecule has 0 saturated heterocycles. The topological polar surface area (TPSA) is 60.2 Å². The minimum absolute atomic E-state index is 0.218. The zero-order valence-corrected chi connectivity index (χ0v) is 13.4. The normalized spacial score (nSPS) is 12.6. The third-order valence-electron chi connectivity index (χ3n) is 3.84. The van der Waals surface area contributed by atoms with Crippen molar-refractivity contribution in [2.45, 2.75) is 90.5 Å². The van der Waals surface area contributed by atoms with Crippen LogP contribution in [-0.4, -0.2) is 18.1 Å². The average Bonchev–Trinajstić information content (AvgIpc) is 2.43. The number of unbranched alkanes of at least 4 members (excludes halogenated alkanes) is 9. The molecule has 1 atom stereocenters. The molecule has 0 unspecified atom stereocenters. The van der Waals surface area contributed by atoms with E-state index >= 15 is 0 Å². The number of aldehydes is 1. The highest BCUT2D eigenvalue weighted by Crippen LogP contribution is 2.12. The summed E-state index contributed by atoms with van der Waals surface area (Å²) in [5.74, 6) is 0.469. The first-order valence-electron chi connectivity index (χ1n) is 8.31. The van der Waals surface area contributed by atoms with Crippen molar-refractivity contribution in [3.05, 3.63) is 0 Å². The second-order valence-corrected chi connectivity index (χ2v) is 6.12. The summed E-state index contributed by atoms with van der Waals surface area (Å²) < 4.78 is 0. The van der Waals surface area contributed by atoms with E-state index in [0.29, 0.717) is 12.8 Å². The Morgan fingerprint density at radius 3 is 1.80 bits per heavy atom. The molecule has 2 N–H and O–H groups in total. The average molecular weight is 283 g/mol. The van der Waals surface area contributed by atoms with Gasteiger partial charge in [-0.1, -0.05) is 58.8 Å². The molecule has 0 saturated carbocycles. The molecule has 0 radical (unpaired) electrons. The van der Waals surface area contributed by atoms with Crippen LogP contribution in [0.15, 0.2) is 0 Å². The smallest absolute Gasteiger partial charge is 0.149 e. The molecule has 0 rings (SSSR count). The van der Waals surface area contributed by atoms with Gasteiger partial charge in [-0.15, -0.1) is 0 Å². The largest absolute Gasteiger partial charge is 0.321 e. The van der Waals surface area contributed by atoms with Crippen LogP contribution in [0.3, 0.4) is 0 Å². The van der Waals surface area contributed by atoms with Crippen molar-refractivity contribution in [3.8, 4) is 0 Å². The molecule has 0 spiro atoms. The lowest BCUT2D eigenvalue weighted by Crippen LogP contribution is -2.35. The third kappa shape index (κ3) is 11.2. The summed E-state index contributed by atoms with van der Waals surface area (Å²) in [6, 6.07) is -0.277. The zero-order valence-electron chi connectivity index (χ0n) is 13.4. The summed E-state index contributed by atoms with van der Waals surface area (Å²) in [5, 5.41) is 0. The molecule has 0 aromatic heterocycles. The molecule has 20 heavy (non-hydrogen) atoms. The van der Waals surface area contributed by atoms with Crippen LogP contribution in [0.1, 0.15) is 84.5 Å². The van der Waals surface area contributed by atoms with Gasteiger partial charge in [0.1, 0.15) is 12.1 Å². The van der Waals surface area contributed by atoms with Crippen LogP contribution < -0.4 is 5.73 Å². The number of ketones is 1. The van der Waals surface area contributed by atoms with Crippen molar-refractivity contribution >= 4 is 12.1 Å². The van der Waals surface area contributed by atoms with Crippen molar-refractivity contribution in [1.29, 1.82) is 0 Å². The lowest BCUT2D eigenvalue weighted by molar-refractivity contribution is -0.121. The fraction of sp³-hybridized carbons (Fsp3) is 0.882. The van der Waals surface area contributed by atoms with Crippen LogP contribution in [0, 0.1) is 5.92 Å². The van der Waals surface area contributed by atoms with Gasteiger partial charge in [-0.05, 0) is 18.8 Å². The van der Waals surface area contributed by atoms with Gasteiger partial charge in [-0.2, -0.15) is 0 Å². The molecule has 0 aromatic rings. The highest BCUT2D eigenvalue weighted by Gasteiger charge is 2.15. The Labute approximate surface area is 124 Å². The second-order valence-electron chi connectivity index (χ2n) is 6.12. The molecule has 118 valence electrons. The van der Waals surface area contributed by atoms with E-state index in [-0.39, 0.29) is 17.7 Å². The molecular formula is C17H33NO2. The predicted molar refractivity (Wildman–Crippen MR) is 84.7 cm³/mol. The first kappa shape index (κ1) is 19.3. The van der Waals surface area contributed by atoms with E-state index in [1.54, 1.807) is 0 Å². The first-order valence-corrected chi connectivity index (χ1v) is 8.31. The van der Waals surface area contributed by atoms with Crippen LogP contribution in [0.5, 0.6) is 0 Å². The Kier molecular flexibility index (Phi) is 12.8. The highest BCUT2D eigenvalue weighted by molar-refractivity contribution is 5.83. The Hall–Kier alpha value is -0.700. The zero-order chi connectivity index (χ0) is 15.2. The second kappa shape index (κ2) is 13.3. The molecule has 0 heterocycles. The Morgan fingerprint density at radius 1 is 0.900 bits per heavy atom. The summed E-state index contributed by atoms with van der Waals surface area (Å²) in [5.41, 5.74) is 5.82. The molecular weight excluding hydrogens is 250 g/mol. The standard InChI is InChI=1S/C17H33NO2/c1-15(2)17(18)16(20)13-11-9-7-5-3-4-6-8-10-12-14-19/h14-15,17H,3-13,18H2,1-2H3/t17-/m0/s1. The van der Waals surface area contributed by atoms with E-state index in [4.69, 9.17) is 5.73 Å². The molecule has 3 nitrogen and oxygen atoms in total. The molecule has 3 heteroatoms. The lowest BCUT2D eigenvalue weighted by atomic mass is 9.97. The van der Waals surface area contributed by atoms with E-state index < -0.39 is 0 Å². The fourth-order valence-electron chi connectivity index (χ4n) is 2.30. The van der Waals surface area contributed by atoms with E-state index in [0.717, 1.165) is 25.5 Å². The van der Waals surface area contributed by atoms with Gasteiger partial charge in [-0.25, -0.2) is 0 Å². The summed E-state index contributed by atoms with van der Waals surface area (Å²) in [7, 11) is 0. The first-order chi connectivity index (χ1) is 9.59. The maximum Gasteiger partial charge on any atom is 0.149 e. The van der Waals surface area contributed by atoms with Crippen molar-refractivity contribution in [3.63, 3.8) is 0 Å². The van der Waals surface area contributed by atoms with Gasteiger partial charge in [0.25, 0.3) is 0 Å². The van der Waals surface area contributed by atoms with E-state index in [1.165, 1.54) is 38.5 Å². The van der Waals surface area contributed by atoms with Gasteiger partial charge in [-0.3, -0.25) is 4.79 Å². The number of carbonyl (C=O) groups is 2. The molecule has 0 bridgehead atoms. The SMILES string of the molecule is CC(C)[C@H](N)C(=O)CCCCCCCCCCCC=O. The lowest BCUT2D eigenvalue weighted by Gasteiger charge is -2.13. The van der Waals surface area contributed by atoms with Crippen LogP contribution >= 0.6 is 0 Å². The van der Waals surface area contributed by atoms with Crippen molar-refractivity contribution in [2.75, 3.05) is 0 Å². The number of carbonyl (C=O) groups excluding carboxylic acids is 2. The minimum atomic E-state index is -0.277. The van der Waals surface area contributed by atoms with Crippen molar-refractivity contribution < 1.29 is 9.59 Å². The van der Waals surface area contributed by atoms with Crippen molar-refractivity contribution in [2.24, 2.45) is 11.7 Å². The molecule has 0 aliphatic heterocycles. The van der Waals surface area contributed by atoms with Gasteiger partial charge < -0.3 is 10.5 Å². The van der Waals surface area contributed by atoms with Gasteiger partial charge in [0.2, 0.25) is 0 Å². The molecule has 0 aromatic carbocycles. The van der Waals surface area contributed by atoms with E-state index in [2.05, 4.69) is 0 Å². The van der Waals surface area contributed by atoms with Crippen LogP contribution in [0.4, 0.5) is 0 Å².